The molecule has 0 aliphatic carbocycles. The van der Waals surface area contributed by atoms with Gasteiger partial charge in [-0.1, -0.05) is 0 Å². The lowest BCUT2D eigenvalue weighted by atomic mass is 10.2. The number of amides is 1. The van der Waals surface area contributed by atoms with Crippen molar-refractivity contribution in [3.63, 3.8) is 0 Å². The zero-order chi connectivity index (χ0) is 13.1. The molecule has 0 aromatic carbocycles. The summed E-state index contributed by atoms with van der Waals surface area (Å²) in [5.41, 5.74) is 6.34. The molecule has 1 aliphatic rings. The monoisotopic (exact) mass is 251 g/mol. The molecule has 1 aromatic rings. The molecular weight excluding hydrogens is 230 g/mol. The fourth-order valence-corrected chi connectivity index (χ4v) is 2.29. The van der Waals surface area contributed by atoms with Gasteiger partial charge in [-0.2, -0.15) is 0 Å². The Balaban J connectivity index is 1.94. The molecule has 1 amide bonds. The molecule has 0 saturated carbocycles. The summed E-state index contributed by atoms with van der Waals surface area (Å²) in [5.74, 6) is 0.763. The number of carbonyl (C=O) groups is 1. The van der Waals surface area contributed by atoms with E-state index in [0.29, 0.717) is 23.9 Å². The van der Waals surface area contributed by atoms with Gasteiger partial charge in [0.1, 0.15) is 5.76 Å². The van der Waals surface area contributed by atoms with Gasteiger partial charge in [-0.05, 0) is 19.9 Å². The van der Waals surface area contributed by atoms with E-state index in [1.165, 1.54) is 0 Å². The van der Waals surface area contributed by atoms with Gasteiger partial charge in [-0.25, -0.2) is 0 Å². The van der Waals surface area contributed by atoms with Crippen LogP contribution in [0, 0.1) is 6.92 Å². The molecule has 1 aromatic heterocycles. The largest absolute Gasteiger partial charge is 0.469 e. The first kappa shape index (κ1) is 13.1. The number of hydrogen-bond donors (Lipinski definition) is 1. The lowest BCUT2D eigenvalue weighted by molar-refractivity contribution is 0.0587. The van der Waals surface area contributed by atoms with Gasteiger partial charge in [0, 0.05) is 38.8 Å². The summed E-state index contributed by atoms with van der Waals surface area (Å²) in [6.07, 6.45) is 1.56. The van der Waals surface area contributed by atoms with E-state index < -0.39 is 0 Å². The number of piperazine rings is 1. The first-order valence-electron chi connectivity index (χ1n) is 6.41. The fourth-order valence-electron chi connectivity index (χ4n) is 2.29. The van der Waals surface area contributed by atoms with Crippen molar-refractivity contribution in [3.05, 3.63) is 23.7 Å². The Labute approximate surface area is 108 Å². The van der Waals surface area contributed by atoms with Crippen LogP contribution in [0.5, 0.6) is 0 Å². The van der Waals surface area contributed by atoms with Gasteiger partial charge in [0.05, 0.1) is 11.8 Å². The lowest BCUT2D eigenvalue weighted by Crippen LogP contribution is -2.52. The molecule has 1 unspecified atom stereocenters. The van der Waals surface area contributed by atoms with Crippen LogP contribution in [0.15, 0.2) is 16.7 Å². The minimum atomic E-state index is 0.0706. The Bertz CT molecular complexity index is 408. The fraction of sp³-hybridized carbons (Fsp3) is 0.615. The van der Waals surface area contributed by atoms with E-state index in [4.69, 9.17) is 10.2 Å². The Morgan fingerprint density at radius 3 is 2.61 bits per heavy atom. The molecule has 5 heteroatoms. The Morgan fingerprint density at radius 1 is 1.44 bits per heavy atom. The van der Waals surface area contributed by atoms with Gasteiger partial charge in [0.2, 0.25) is 0 Å². The van der Waals surface area contributed by atoms with Gasteiger partial charge in [0.15, 0.2) is 0 Å². The second-order valence-corrected chi connectivity index (χ2v) is 4.80. The zero-order valence-corrected chi connectivity index (χ0v) is 11.1. The van der Waals surface area contributed by atoms with Gasteiger partial charge in [-0.3, -0.25) is 9.69 Å². The van der Waals surface area contributed by atoms with Crippen molar-refractivity contribution in [2.75, 3.05) is 32.7 Å². The van der Waals surface area contributed by atoms with Crippen LogP contribution in [0.1, 0.15) is 23.0 Å². The molecule has 5 nitrogen and oxygen atoms in total. The quantitative estimate of drug-likeness (QED) is 0.858. The topological polar surface area (TPSA) is 62.7 Å². The summed E-state index contributed by atoms with van der Waals surface area (Å²) < 4.78 is 5.18. The van der Waals surface area contributed by atoms with E-state index in [2.05, 4.69) is 11.8 Å². The highest BCUT2D eigenvalue weighted by Crippen LogP contribution is 2.14. The number of furan rings is 1. The molecular formula is C13H21N3O2. The number of aryl methyl sites for hydroxylation is 1. The van der Waals surface area contributed by atoms with Crippen LogP contribution < -0.4 is 5.73 Å². The molecule has 1 saturated heterocycles. The maximum Gasteiger partial charge on any atom is 0.257 e. The highest BCUT2D eigenvalue weighted by molar-refractivity contribution is 5.95. The maximum atomic E-state index is 12.3. The summed E-state index contributed by atoms with van der Waals surface area (Å²) >= 11 is 0. The third-order valence-corrected chi connectivity index (χ3v) is 3.66. The van der Waals surface area contributed by atoms with Crippen LogP contribution in [0.3, 0.4) is 0 Å². The number of nitrogens with two attached hydrogens (primary N) is 1. The smallest absolute Gasteiger partial charge is 0.257 e. The summed E-state index contributed by atoms with van der Waals surface area (Å²) in [4.78, 5) is 16.5. The average molecular weight is 251 g/mol. The highest BCUT2D eigenvalue weighted by atomic mass is 16.3. The lowest BCUT2D eigenvalue weighted by Gasteiger charge is -2.37. The van der Waals surface area contributed by atoms with Crippen LogP contribution in [-0.2, 0) is 0 Å². The third-order valence-electron chi connectivity index (χ3n) is 3.66. The van der Waals surface area contributed by atoms with E-state index in [1.54, 1.807) is 12.3 Å². The molecule has 1 aliphatic heterocycles. The first-order chi connectivity index (χ1) is 8.63. The molecule has 0 spiro atoms. The van der Waals surface area contributed by atoms with Gasteiger partial charge < -0.3 is 15.1 Å². The summed E-state index contributed by atoms with van der Waals surface area (Å²) in [7, 11) is 0. The SMILES string of the molecule is Cc1occc1C(=O)N1CCN(C(C)CN)CC1. The van der Waals surface area contributed by atoms with E-state index in [-0.39, 0.29) is 5.91 Å². The highest BCUT2D eigenvalue weighted by Gasteiger charge is 2.25. The second-order valence-electron chi connectivity index (χ2n) is 4.80. The predicted octanol–water partition coefficient (Wildman–Crippen LogP) is 0.693. The molecule has 1 fully saturated rings. The van der Waals surface area contributed by atoms with Crippen molar-refractivity contribution in [2.24, 2.45) is 5.73 Å². The molecule has 0 bridgehead atoms. The van der Waals surface area contributed by atoms with Crippen LogP contribution in [0.25, 0.3) is 0 Å². The molecule has 18 heavy (non-hydrogen) atoms. The number of carbonyl (C=O) groups excluding carboxylic acids is 1. The van der Waals surface area contributed by atoms with E-state index in [1.807, 2.05) is 11.8 Å². The van der Waals surface area contributed by atoms with Crippen molar-refractivity contribution in [3.8, 4) is 0 Å². The first-order valence-corrected chi connectivity index (χ1v) is 6.41. The van der Waals surface area contributed by atoms with Crippen molar-refractivity contribution in [1.29, 1.82) is 0 Å². The molecule has 2 heterocycles. The Hall–Kier alpha value is -1.33. The van der Waals surface area contributed by atoms with E-state index >= 15 is 0 Å². The predicted molar refractivity (Wildman–Crippen MR) is 69.4 cm³/mol. The van der Waals surface area contributed by atoms with Crippen molar-refractivity contribution in [1.82, 2.24) is 9.80 Å². The Morgan fingerprint density at radius 2 is 2.11 bits per heavy atom. The molecule has 2 N–H and O–H groups in total. The van der Waals surface area contributed by atoms with Crippen LogP contribution in [0.4, 0.5) is 0 Å². The van der Waals surface area contributed by atoms with Crippen LogP contribution in [-0.4, -0.2) is 54.5 Å². The second kappa shape index (κ2) is 5.54. The summed E-state index contributed by atoms with van der Waals surface area (Å²) in [6, 6.07) is 2.13. The molecule has 100 valence electrons. The molecule has 1 atom stereocenters. The van der Waals surface area contributed by atoms with Gasteiger partial charge >= 0.3 is 0 Å². The normalized spacial score (nSPS) is 18.9. The standard InChI is InChI=1S/C13H21N3O2/c1-10(9-14)15-4-6-16(7-5-15)13(17)12-3-8-18-11(12)2/h3,8,10H,4-7,9,14H2,1-2H3. The van der Waals surface area contributed by atoms with Crippen molar-refractivity contribution in [2.45, 2.75) is 19.9 Å². The Kier molecular flexibility index (Phi) is 4.04. The van der Waals surface area contributed by atoms with Gasteiger partial charge in [0.25, 0.3) is 5.91 Å². The van der Waals surface area contributed by atoms with E-state index in [0.717, 1.165) is 26.2 Å². The number of nitrogens with zero attached hydrogens (tertiary/aromatic N) is 2. The van der Waals surface area contributed by atoms with E-state index in [9.17, 15) is 4.79 Å². The summed E-state index contributed by atoms with van der Waals surface area (Å²) in [5, 5.41) is 0. The minimum Gasteiger partial charge on any atom is -0.469 e. The molecule has 0 radical (unpaired) electrons. The summed E-state index contributed by atoms with van der Waals surface area (Å²) in [6.45, 7) is 7.90. The minimum absolute atomic E-state index is 0.0706. The van der Waals surface area contributed by atoms with Crippen LogP contribution in [0.2, 0.25) is 0 Å². The van der Waals surface area contributed by atoms with Gasteiger partial charge in [-0.15, -0.1) is 0 Å². The van der Waals surface area contributed by atoms with Crippen LogP contribution >= 0.6 is 0 Å². The zero-order valence-electron chi connectivity index (χ0n) is 11.1. The van der Waals surface area contributed by atoms with Crippen molar-refractivity contribution >= 4 is 5.91 Å². The average Bonchev–Trinajstić information content (AvgIpc) is 2.83. The molecule has 2 rings (SSSR count). The third kappa shape index (κ3) is 2.57. The number of rotatable bonds is 3. The van der Waals surface area contributed by atoms with Crippen molar-refractivity contribution < 1.29 is 9.21 Å². The number of hydrogen-bond acceptors (Lipinski definition) is 4. The maximum absolute atomic E-state index is 12.3.